The van der Waals surface area contributed by atoms with Crippen LogP contribution in [0.2, 0.25) is 0 Å². The minimum atomic E-state index is -5.77. The van der Waals surface area contributed by atoms with E-state index in [4.69, 9.17) is 20.3 Å². The number of amides is 1. The summed E-state index contributed by atoms with van der Waals surface area (Å²) in [7, 11) is -5.77. The standard InChI is InChI=1S/C9H13F2N4O7P/c10-9(11,23(19,20)21)1-3-4(16)5(17)8(22-3)15-2-13-7(14-15)6(12)18/h2-5,8,16-17H,1H2,(H2,12,18)(H2,19,20,21)/t3?,4-,5-,8-/m1/s1. The zero-order valence-electron chi connectivity index (χ0n) is 11.2. The molecule has 0 aromatic carbocycles. The summed E-state index contributed by atoms with van der Waals surface area (Å²) >= 11 is 0. The smallest absolute Gasteiger partial charge is 0.388 e. The van der Waals surface area contributed by atoms with Gasteiger partial charge in [-0.25, -0.2) is 9.67 Å². The van der Waals surface area contributed by atoms with Crippen molar-refractivity contribution in [3.63, 3.8) is 0 Å². The number of alkyl halides is 2. The number of rotatable bonds is 5. The second-order valence-corrected chi connectivity index (χ2v) is 6.62. The summed E-state index contributed by atoms with van der Waals surface area (Å²) in [6.45, 7) is 0. The van der Waals surface area contributed by atoms with E-state index in [1.54, 1.807) is 0 Å². The summed E-state index contributed by atoms with van der Waals surface area (Å²) in [5, 5.41) is 23.1. The molecule has 1 aromatic heterocycles. The number of aliphatic hydroxyl groups excluding tert-OH is 2. The molecule has 2 heterocycles. The number of aliphatic hydroxyl groups is 2. The topological polar surface area (TPSA) is 181 Å². The molecule has 1 saturated heterocycles. The summed E-state index contributed by atoms with van der Waals surface area (Å²) in [4.78, 5) is 31.5. The van der Waals surface area contributed by atoms with Gasteiger partial charge in [-0.15, -0.1) is 5.10 Å². The first kappa shape index (κ1) is 17.8. The highest BCUT2D eigenvalue weighted by Gasteiger charge is 2.55. The van der Waals surface area contributed by atoms with Crippen molar-refractivity contribution in [3.05, 3.63) is 12.2 Å². The van der Waals surface area contributed by atoms with Crippen molar-refractivity contribution in [2.24, 2.45) is 5.73 Å². The zero-order chi connectivity index (χ0) is 17.6. The lowest BCUT2D eigenvalue weighted by Crippen LogP contribution is -2.35. The van der Waals surface area contributed by atoms with Gasteiger partial charge in [-0.05, 0) is 0 Å². The van der Waals surface area contributed by atoms with Gasteiger partial charge in [0.15, 0.2) is 6.23 Å². The Bertz CT molecular complexity index is 650. The predicted molar refractivity (Wildman–Crippen MR) is 66.1 cm³/mol. The molecular formula is C9H13F2N4O7P. The molecule has 0 spiro atoms. The van der Waals surface area contributed by atoms with Gasteiger partial charge in [-0.2, -0.15) is 8.78 Å². The Kier molecular flexibility index (Phi) is 4.54. The lowest BCUT2D eigenvalue weighted by molar-refractivity contribution is -0.0737. The number of aromatic nitrogens is 3. The number of hydrogen-bond acceptors (Lipinski definition) is 7. The monoisotopic (exact) mass is 358 g/mol. The van der Waals surface area contributed by atoms with Crippen LogP contribution in [0.25, 0.3) is 0 Å². The van der Waals surface area contributed by atoms with E-state index < -0.39 is 56.0 Å². The third-order valence-corrected chi connectivity index (χ3v) is 4.23. The van der Waals surface area contributed by atoms with Gasteiger partial charge in [0.05, 0.1) is 12.5 Å². The molecular weight excluding hydrogens is 345 g/mol. The number of carbonyl (C=O) groups excluding carboxylic acids is 1. The van der Waals surface area contributed by atoms with Crippen LogP contribution in [0.3, 0.4) is 0 Å². The first-order valence-corrected chi connectivity index (χ1v) is 7.71. The van der Waals surface area contributed by atoms with Gasteiger partial charge in [0.1, 0.15) is 18.5 Å². The molecule has 23 heavy (non-hydrogen) atoms. The van der Waals surface area contributed by atoms with Crippen molar-refractivity contribution < 1.29 is 42.9 Å². The fraction of sp³-hybridized carbons (Fsp3) is 0.667. The zero-order valence-corrected chi connectivity index (χ0v) is 12.1. The molecule has 1 aliphatic rings. The Morgan fingerprint density at radius 2 is 2.04 bits per heavy atom. The first-order chi connectivity index (χ1) is 10.4. The van der Waals surface area contributed by atoms with Crippen LogP contribution in [0.4, 0.5) is 8.78 Å². The number of nitrogens with zero attached hydrogens (tertiary/aromatic N) is 3. The Balaban J connectivity index is 2.18. The van der Waals surface area contributed by atoms with E-state index >= 15 is 0 Å². The average molecular weight is 358 g/mol. The third kappa shape index (κ3) is 3.39. The van der Waals surface area contributed by atoms with Crippen LogP contribution < -0.4 is 5.73 Å². The van der Waals surface area contributed by atoms with Crippen molar-refractivity contribution in [2.75, 3.05) is 0 Å². The lowest BCUT2D eigenvalue weighted by Gasteiger charge is -2.22. The van der Waals surface area contributed by atoms with Crippen LogP contribution in [-0.4, -0.2) is 64.6 Å². The van der Waals surface area contributed by atoms with E-state index in [1.807, 2.05) is 0 Å². The van der Waals surface area contributed by atoms with Crippen molar-refractivity contribution in [1.29, 1.82) is 0 Å². The molecule has 0 radical (unpaired) electrons. The number of ether oxygens (including phenoxy) is 1. The van der Waals surface area contributed by atoms with Crippen molar-refractivity contribution in [3.8, 4) is 0 Å². The van der Waals surface area contributed by atoms with Gasteiger partial charge in [-0.1, -0.05) is 0 Å². The van der Waals surface area contributed by atoms with Crippen LogP contribution in [0.15, 0.2) is 6.33 Å². The Labute approximate surface area is 126 Å². The summed E-state index contributed by atoms with van der Waals surface area (Å²) in [6, 6.07) is 0. The fourth-order valence-corrected chi connectivity index (χ4v) is 2.41. The second-order valence-electron chi connectivity index (χ2n) is 4.87. The highest BCUT2D eigenvalue weighted by atomic mass is 31.2. The molecule has 0 aliphatic carbocycles. The van der Waals surface area contributed by atoms with Crippen LogP contribution >= 0.6 is 7.60 Å². The van der Waals surface area contributed by atoms with E-state index in [0.29, 0.717) is 0 Å². The van der Waals surface area contributed by atoms with E-state index in [-0.39, 0.29) is 0 Å². The molecule has 130 valence electrons. The normalized spacial score (nSPS) is 29.0. The summed E-state index contributed by atoms with van der Waals surface area (Å²) in [5.74, 6) is -1.42. The molecule has 4 atom stereocenters. The SMILES string of the molecule is NC(=O)c1ncn([C@@H]2OC(CC(F)(F)P(=O)(O)O)[C@@H](O)[C@H]2O)n1. The summed E-state index contributed by atoms with van der Waals surface area (Å²) in [6.07, 6.45) is -7.47. The van der Waals surface area contributed by atoms with Gasteiger partial charge < -0.3 is 30.5 Å². The molecule has 2 rings (SSSR count). The molecule has 14 heteroatoms. The number of hydrogen-bond donors (Lipinski definition) is 5. The maximum atomic E-state index is 13.4. The van der Waals surface area contributed by atoms with Crippen molar-refractivity contribution in [1.82, 2.24) is 14.8 Å². The molecule has 1 fully saturated rings. The number of carbonyl (C=O) groups is 1. The minimum Gasteiger partial charge on any atom is -0.388 e. The number of nitrogens with two attached hydrogens (primary N) is 1. The average Bonchev–Trinajstić information content (AvgIpc) is 2.98. The van der Waals surface area contributed by atoms with E-state index in [2.05, 4.69) is 10.1 Å². The van der Waals surface area contributed by atoms with Gasteiger partial charge >= 0.3 is 13.3 Å². The van der Waals surface area contributed by atoms with Gasteiger partial charge in [-0.3, -0.25) is 9.36 Å². The molecule has 11 nitrogen and oxygen atoms in total. The van der Waals surface area contributed by atoms with Crippen LogP contribution in [0, 0.1) is 0 Å². The number of halogens is 2. The lowest BCUT2D eigenvalue weighted by atomic mass is 10.1. The van der Waals surface area contributed by atoms with Gasteiger partial charge in [0, 0.05) is 0 Å². The molecule has 0 bridgehead atoms. The maximum Gasteiger partial charge on any atom is 0.394 e. The van der Waals surface area contributed by atoms with Gasteiger partial charge in [0.25, 0.3) is 5.91 Å². The van der Waals surface area contributed by atoms with Crippen molar-refractivity contribution >= 4 is 13.5 Å². The third-order valence-electron chi connectivity index (χ3n) is 3.20. The highest BCUT2D eigenvalue weighted by molar-refractivity contribution is 7.53. The fourth-order valence-electron chi connectivity index (χ4n) is 1.99. The van der Waals surface area contributed by atoms with E-state index in [1.165, 1.54) is 0 Å². The van der Waals surface area contributed by atoms with E-state index in [9.17, 15) is 28.4 Å². The summed E-state index contributed by atoms with van der Waals surface area (Å²) in [5.41, 5.74) is 0.480. The quantitative estimate of drug-likeness (QED) is 0.378. The Hall–Kier alpha value is -1.50. The summed E-state index contributed by atoms with van der Waals surface area (Å²) < 4.78 is 43.3. The molecule has 1 amide bonds. The number of primary amides is 1. The molecule has 1 unspecified atom stereocenters. The molecule has 1 aromatic rings. The highest BCUT2D eigenvalue weighted by Crippen LogP contribution is 2.56. The predicted octanol–water partition coefficient (Wildman–Crippen LogP) is -1.84. The van der Waals surface area contributed by atoms with Crippen molar-refractivity contribution in [2.45, 2.75) is 36.6 Å². The Morgan fingerprint density at radius 3 is 2.52 bits per heavy atom. The largest absolute Gasteiger partial charge is 0.394 e. The maximum absolute atomic E-state index is 13.4. The molecule has 1 aliphatic heterocycles. The Morgan fingerprint density at radius 1 is 1.43 bits per heavy atom. The van der Waals surface area contributed by atoms with Gasteiger partial charge in [0.2, 0.25) is 5.82 Å². The first-order valence-electron chi connectivity index (χ1n) is 6.10. The van der Waals surface area contributed by atoms with Crippen LogP contribution in [0.5, 0.6) is 0 Å². The van der Waals surface area contributed by atoms with Crippen LogP contribution in [-0.2, 0) is 9.30 Å². The minimum absolute atomic E-state index is 0.431. The molecule has 6 N–H and O–H groups in total. The molecule has 0 saturated carbocycles. The second kappa shape index (κ2) is 5.85. The van der Waals surface area contributed by atoms with Crippen LogP contribution in [0.1, 0.15) is 23.3 Å². The van der Waals surface area contributed by atoms with E-state index in [0.717, 1.165) is 11.0 Å².